The van der Waals surface area contributed by atoms with Gasteiger partial charge in [0.05, 0.1) is 18.0 Å². The van der Waals surface area contributed by atoms with Crippen LogP contribution < -0.4 is 10.6 Å². The summed E-state index contributed by atoms with van der Waals surface area (Å²) in [4.78, 5) is 16.0. The second-order valence-corrected chi connectivity index (χ2v) is 5.88. The molecular formula is C16H25N3O2. The summed E-state index contributed by atoms with van der Waals surface area (Å²) in [6.45, 7) is 2.67. The fraction of sp³-hybridized carbons (Fsp3) is 0.562. The molecule has 0 aromatic heterocycles. The largest absolute Gasteiger partial charge is 0.397 e. The smallest absolute Gasteiger partial charge is 0.253 e. The quantitative estimate of drug-likeness (QED) is 0.860. The fourth-order valence-electron chi connectivity index (χ4n) is 2.86. The highest BCUT2D eigenvalue weighted by molar-refractivity contribution is 5.96. The van der Waals surface area contributed by atoms with Crippen molar-refractivity contribution in [2.45, 2.75) is 12.8 Å². The lowest BCUT2D eigenvalue weighted by Gasteiger charge is -2.35. The number of anilines is 2. The summed E-state index contributed by atoms with van der Waals surface area (Å²) in [5.41, 5.74) is 8.48. The van der Waals surface area contributed by atoms with Crippen molar-refractivity contribution >= 4 is 17.3 Å². The van der Waals surface area contributed by atoms with E-state index in [4.69, 9.17) is 10.5 Å². The molecule has 116 valence electrons. The molecule has 0 saturated carbocycles. The van der Waals surface area contributed by atoms with Crippen molar-refractivity contribution < 1.29 is 9.53 Å². The van der Waals surface area contributed by atoms with E-state index in [2.05, 4.69) is 4.90 Å². The summed E-state index contributed by atoms with van der Waals surface area (Å²) in [7, 11) is 5.26. The van der Waals surface area contributed by atoms with Gasteiger partial charge in [0.1, 0.15) is 0 Å². The summed E-state index contributed by atoms with van der Waals surface area (Å²) < 4.78 is 5.27. The molecule has 1 unspecified atom stereocenters. The highest BCUT2D eigenvalue weighted by Crippen LogP contribution is 2.29. The molecule has 1 aliphatic heterocycles. The summed E-state index contributed by atoms with van der Waals surface area (Å²) in [5, 5.41) is 0. The van der Waals surface area contributed by atoms with Crippen LogP contribution in [0.25, 0.3) is 0 Å². The maximum absolute atomic E-state index is 12.1. The number of carbonyl (C=O) groups excluding carboxylic acids is 1. The van der Waals surface area contributed by atoms with Crippen LogP contribution in [0, 0.1) is 5.92 Å². The maximum atomic E-state index is 12.1. The molecule has 1 aromatic carbocycles. The maximum Gasteiger partial charge on any atom is 0.253 e. The van der Waals surface area contributed by atoms with E-state index in [1.807, 2.05) is 12.1 Å². The number of hydrogen-bond donors (Lipinski definition) is 1. The number of nitrogen functional groups attached to an aromatic ring is 1. The number of rotatable bonds is 4. The summed E-state index contributed by atoms with van der Waals surface area (Å²) >= 11 is 0. The monoisotopic (exact) mass is 291 g/mol. The topological polar surface area (TPSA) is 58.8 Å². The predicted octanol–water partition coefficient (Wildman–Crippen LogP) is 1.83. The molecule has 2 rings (SSSR count). The number of carbonyl (C=O) groups is 1. The molecule has 1 fully saturated rings. The minimum atomic E-state index is 0.00157. The summed E-state index contributed by atoms with van der Waals surface area (Å²) in [6, 6.07) is 5.52. The molecule has 1 saturated heterocycles. The van der Waals surface area contributed by atoms with E-state index in [0.29, 0.717) is 11.5 Å². The third-order valence-corrected chi connectivity index (χ3v) is 3.95. The van der Waals surface area contributed by atoms with E-state index in [1.165, 1.54) is 6.42 Å². The molecule has 1 amide bonds. The van der Waals surface area contributed by atoms with Gasteiger partial charge in [0.2, 0.25) is 0 Å². The van der Waals surface area contributed by atoms with Gasteiger partial charge in [-0.15, -0.1) is 0 Å². The molecule has 2 N–H and O–H groups in total. The van der Waals surface area contributed by atoms with Gasteiger partial charge in [0, 0.05) is 39.9 Å². The van der Waals surface area contributed by atoms with Crippen LogP contribution in [0.5, 0.6) is 0 Å². The second-order valence-electron chi connectivity index (χ2n) is 5.88. The fourth-order valence-corrected chi connectivity index (χ4v) is 2.86. The first kappa shape index (κ1) is 15.6. The van der Waals surface area contributed by atoms with Gasteiger partial charge in [-0.25, -0.2) is 0 Å². The third-order valence-electron chi connectivity index (χ3n) is 3.95. The van der Waals surface area contributed by atoms with E-state index in [9.17, 15) is 4.79 Å². The molecule has 0 aliphatic carbocycles. The zero-order valence-electron chi connectivity index (χ0n) is 13.1. The van der Waals surface area contributed by atoms with Crippen LogP contribution in [-0.4, -0.2) is 51.7 Å². The van der Waals surface area contributed by atoms with Crippen molar-refractivity contribution in [3.63, 3.8) is 0 Å². The number of nitrogens with zero attached hydrogens (tertiary/aromatic N) is 2. The van der Waals surface area contributed by atoms with Crippen molar-refractivity contribution in [2.24, 2.45) is 5.92 Å². The van der Waals surface area contributed by atoms with Gasteiger partial charge >= 0.3 is 0 Å². The minimum Gasteiger partial charge on any atom is -0.397 e. The van der Waals surface area contributed by atoms with Gasteiger partial charge in [0.25, 0.3) is 5.91 Å². The molecular weight excluding hydrogens is 266 g/mol. The molecule has 5 nitrogen and oxygen atoms in total. The van der Waals surface area contributed by atoms with Crippen molar-refractivity contribution in [1.29, 1.82) is 0 Å². The predicted molar refractivity (Wildman–Crippen MR) is 85.7 cm³/mol. The first-order chi connectivity index (χ1) is 10.0. The molecule has 0 bridgehead atoms. The Morgan fingerprint density at radius 3 is 2.90 bits per heavy atom. The van der Waals surface area contributed by atoms with E-state index in [0.717, 1.165) is 37.5 Å². The molecule has 0 spiro atoms. The Hall–Kier alpha value is -1.75. The van der Waals surface area contributed by atoms with Crippen molar-refractivity contribution in [2.75, 3.05) is 51.5 Å². The van der Waals surface area contributed by atoms with Gasteiger partial charge in [-0.1, -0.05) is 0 Å². The molecule has 1 heterocycles. The van der Waals surface area contributed by atoms with Gasteiger partial charge in [-0.05, 0) is 37.0 Å². The van der Waals surface area contributed by atoms with Gasteiger partial charge in [0.15, 0.2) is 0 Å². The highest BCUT2D eigenvalue weighted by Gasteiger charge is 2.22. The SMILES string of the molecule is COCC1CCCN(c2cc(C(=O)N(C)C)ccc2N)C1. The summed E-state index contributed by atoms with van der Waals surface area (Å²) in [5.74, 6) is 0.526. The summed E-state index contributed by atoms with van der Waals surface area (Å²) in [6.07, 6.45) is 2.31. The normalized spacial score (nSPS) is 18.6. The number of amides is 1. The Balaban J connectivity index is 2.22. The number of methoxy groups -OCH3 is 1. The van der Waals surface area contributed by atoms with Crippen LogP contribution >= 0.6 is 0 Å². The van der Waals surface area contributed by atoms with Gasteiger partial charge < -0.3 is 20.3 Å². The van der Waals surface area contributed by atoms with E-state index < -0.39 is 0 Å². The average Bonchev–Trinajstić information content (AvgIpc) is 2.47. The van der Waals surface area contributed by atoms with Crippen molar-refractivity contribution in [3.8, 4) is 0 Å². The van der Waals surface area contributed by atoms with Gasteiger partial charge in [-0.3, -0.25) is 4.79 Å². The number of hydrogen-bond acceptors (Lipinski definition) is 4. The molecule has 21 heavy (non-hydrogen) atoms. The molecule has 1 aliphatic rings. The molecule has 0 radical (unpaired) electrons. The van der Waals surface area contributed by atoms with E-state index >= 15 is 0 Å². The number of piperidine rings is 1. The first-order valence-electron chi connectivity index (χ1n) is 7.38. The third kappa shape index (κ3) is 3.67. The lowest BCUT2D eigenvalue weighted by molar-refractivity contribution is 0.0827. The Morgan fingerprint density at radius 1 is 1.48 bits per heavy atom. The molecule has 1 atom stereocenters. The lowest BCUT2D eigenvalue weighted by atomic mass is 9.98. The van der Waals surface area contributed by atoms with Crippen molar-refractivity contribution in [3.05, 3.63) is 23.8 Å². The lowest BCUT2D eigenvalue weighted by Crippen LogP contribution is -2.37. The Morgan fingerprint density at radius 2 is 2.24 bits per heavy atom. The molecule has 5 heteroatoms. The van der Waals surface area contributed by atoms with E-state index in [-0.39, 0.29) is 5.91 Å². The highest BCUT2D eigenvalue weighted by atomic mass is 16.5. The standard InChI is InChI=1S/C16H25N3O2/c1-18(2)16(20)13-6-7-14(17)15(9-13)19-8-4-5-12(10-19)11-21-3/h6-7,9,12H,4-5,8,10-11,17H2,1-3H3. The number of nitrogens with two attached hydrogens (primary N) is 1. The van der Waals surface area contributed by atoms with Crippen LogP contribution in [0.1, 0.15) is 23.2 Å². The number of ether oxygens (including phenoxy) is 1. The van der Waals surface area contributed by atoms with Crippen molar-refractivity contribution in [1.82, 2.24) is 4.90 Å². The minimum absolute atomic E-state index is 0.00157. The van der Waals surface area contributed by atoms with Crippen LogP contribution in [0.15, 0.2) is 18.2 Å². The Labute approximate surface area is 126 Å². The van der Waals surface area contributed by atoms with Gasteiger partial charge in [-0.2, -0.15) is 0 Å². The van der Waals surface area contributed by atoms with Crippen LogP contribution in [0.3, 0.4) is 0 Å². The first-order valence-corrected chi connectivity index (χ1v) is 7.38. The zero-order chi connectivity index (χ0) is 15.4. The van der Waals surface area contributed by atoms with Crippen LogP contribution in [0.2, 0.25) is 0 Å². The Kier molecular flexibility index (Phi) is 5.07. The van der Waals surface area contributed by atoms with Crippen LogP contribution in [-0.2, 0) is 4.74 Å². The van der Waals surface area contributed by atoms with Crippen LogP contribution in [0.4, 0.5) is 11.4 Å². The Bertz CT molecular complexity index is 500. The zero-order valence-corrected chi connectivity index (χ0v) is 13.1. The average molecular weight is 291 g/mol. The molecule has 1 aromatic rings. The number of benzene rings is 1. The van der Waals surface area contributed by atoms with E-state index in [1.54, 1.807) is 32.2 Å². The second kappa shape index (κ2) is 6.80.